The van der Waals surface area contributed by atoms with Crippen LogP contribution in [0.25, 0.3) is 5.57 Å². The fourth-order valence-corrected chi connectivity index (χ4v) is 3.23. The SMILES string of the molecule is O=C1Nc2cc(F)ccc2C1=C1C=C(NCCN2CCOCC2)CO1. The molecule has 3 heterocycles. The molecule has 25 heavy (non-hydrogen) atoms. The van der Waals surface area contributed by atoms with Gasteiger partial charge in [-0.1, -0.05) is 0 Å². The lowest BCUT2D eigenvalue weighted by molar-refractivity contribution is -0.110. The molecule has 0 unspecified atom stereocenters. The molecule has 4 rings (SSSR count). The number of ether oxygens (including phenoxy) is 2. The molecule has 0 aliphatic carbocycles. The first-order valence-corrected chi connectivity index (χ1v) is 8.43. The van der Waals surface area contributed by atoms with E-state index in [0.29, 0.717) is 29.2 Å². The van der Waals surface area contributed by atoms with Crippen molar-refractivity contribution in [1.29, 1.82) is 0 Å². The summed E-state index contributed by atoms with van der Waals surface area (Å²) in [7, 11) is 0. The highest BCUT2D eigenvalue weighted by Gasteiger charge is 2.30. The van der Waals surface area contributed by atoms with E-state index in [4.69, 9.17) is 9.47 Å². The first-order chi connectivity index (χ1) is 12.2. The zero-order chi connectivity index (χ0) is 17.2. The van der Waals surface area contributed by atoms with Gasteiger partial charge < -0.3 is 20.1 Å². The molecule has 1 amide bonds. The third-order valence-corrected chi connectivity index (χ3v) is 4.54. The van der Waals surface area contributed by atoms with Crippen molar-refractivity contribution in [1.82, 2.24) is 10.2 Å². The van der Waals surface area contributed by atoms with Crippen LogP contribution in [-0.2, 0) is 14.3 Å². The second-order valence-corrected chi connectivity index (χ2v) is 6.22. The monoisotopic (exact) mass is 345 g/mol. The van der Waals surface area contributed by atoms with Crippen LogP contribution in [-0.4, -0.2) is 56.8 Å². The molecule has 3 aliphatic heterocycles. The van der Waals surface area contributed by atoms with Gasteiger partial charge in [-0.25, -0.2) is 4.39 Å². The molecule has 0 aromatic heterocycles. The number of halogens is 1. The van der Waals surface area contributed by atoms with Crippen molar-refractivity contribution in [3.05, 3.63) is 47.1 Å². The number of anilines is 1. The maximum Gasteiger partial charge on any atom is 0.260 e. The quantitative estimate of drug-likeness (QED) is 0.806. The number of allylic oxidation sites excluding steroid dienone is 1. The average molecular weight is 345 g/mol. The number of morpholine rings is 1. The Morgan fingerprint density at radius 3 is 2.96 bits per heavy atom. The van der Waals surface area contributed by atoms with Crippen molar-refractivity contribution >= 4 is 17.2 Å². The fraction of sp³-hybridized carbons (Fsp3) is 0.389. The Labute approximate surface area is 145 Å². The van der Waals surface area contributed by atoms with E-state index in [2.05, 4.69) is 15.5 Å². The highest BCUT2D eigenvalue weighted by atomic mass is 19.1. The summed E-state index contributed by atoms with van der Waals surface area (Å²) in [5, 5.41) is 6.04. The summed E-state index contributed by atoms with van der Waals surface area (Å²) in [6.07, 6.45) is 1.85. The summed E-state index contributed by atoms with van der Waals surface area (Å²) in [4.78, 5) is 14.6. The summed E-state index contributed by atoms with van der Waals surface area (Å²) in [6.45, 7) is 5.65. The van der Waals surface area contributed by atoms with Crippen molar-refractivity contribution < 1.29 is 18.7 Å². The predicted molar refractivity (Wildman–Crippen MR) is 91.2 cm³/mol. The Hall–Kier alpha value is -2.38. The highest BCUT2D eigenvalue weighted by Crippen LogP contribution is 2.36. The van der Waals surface area contributed by atoms with Gasteiger partial charge in [0.05, 0.1) is 30.2 Å². The van der Waals surface area contributed by atoms with E-state index in [1.165, 1.54) is 12.1 Å². The zero-order valence-corrected chi connectivity index (χ0v) is 13.8. The minimum absolute atomic E-state index is 0.263. The molecule has 1 aromatic rings. The fourth-order valence-electron chi connectivity index (χ4n) is 3.23. The molecule has 0 saturated carbocycles. The van der Waals surface area contributed by atoms with Crippen LogP contribution in [0, 0.1) is 5.82 Å². The first kappa shape index (κ1) is 16.1. The Morgan fingerprint density at radius 1 is 1.28 bits per heavy atom. The molecule has 6 nitrogen and oxygen atoms in total. The average Bonchev–Trinajstić information content (AvgIpc) is 3.18. The molecule has 0 radical (unpaired) electrons. The highest BCUT2D eigenvalue weighted by molar-refractivity contribution is 6.32. The van der Waals surface area contributed by atoms with Crippen molar-refractivity contribution in [2.75, 3.05) is 51.3 Å². The molecule has 0 bridgehead atoms. The second-order valence-electron chi connectivity index (χ2n) is 6.22. The maximum absolute atomic E-state index is 13.3. The maximum atomic E-state index is 13.3. The Kier molecular flexibility index (Phi) is 4.42. The Morgan fingerprint density at radius 2 is 2.12 bits per heavy atom. The number of nitrogens with zero attached hydrogens (tertiary/aromatic N) is 1. The lowest BCUT2D eigenvalue weighted by Crippen LogP contribution is -2.40. The van der Waals surface area contributed by atoms with E-state index in [0.717, 1.165) is 45.1 Å². The van der Waals surface area contributed by atoms with Gasteiger partial charge in [0.25, 0.3) is 5.91 Å². The van der Waals surface area contributed by atoms with Gasteiger partial charge in [-0.05, 0) is 18.2 Å². The molecule has 7 heteroatoms. The lowest BCUT2D eigenvalue weighted by Gasteiger charge is -2.26. The molecule has 1 fully saturated rings. The van der Waals surface area contributed by atoms with Gasteiger partial charge in [-0.2, -0.15) is 0 Å². The minimum Gasteiger partial charge on any atom is -0.486 e. The molecule has 0 atom stereocenters. The van der Waals surface area contributed by atoms with E-state index in [-0.39, 0.29) is 11.7 Å². The summed E-state index contributed by atoms with van der Waals surface area (Å²) in [5.74, 6) is -0.114. The minimum atomic E-state index is -0.376. The van der Waals surface area contributed by atoms with E-state index in [9.17, 15) is 9.18 Å². The first-order valence-electron chi connectivity index (χ1n) is 8.43. The topological polar surface area (TPSA) is 62.8 Å². The van der Waals surface area contributed by atoms with Crippen LogP contribution in [0.4, 0.5) is 10.1 Å². The second kappa shape index (κ2) is 6.85. The smallest absolute Gasteiger partial charge is 0.260 e. The third-order valence-electron chi connectivity index (χ3n) is 4.54. The normalized spacial score (nSPS) is 23.1. The van der Waals surface area contributed by atoms with Crippen molar-refractivity contribution in [2.45, 2.75) is 0 Å². The van der Waals surface area contributed by atoms with E-state index in [1.807, 2.05) is 6.08 Å². The number of benzene rings is 1. The third kappa shape index (κ3) is 3.38. The van der Waals surface area contributed by atoms with Crippen LogP contribution in [0.5, 0.6) is 0 Å². The van der Waals surface area contributed by atoms with Gasteiger partial charge in [-0.3, -0.25) is 9.69 Å². The van der Waals surface area contributed by atoms with E-state index < -0.39 is 0 Å². The summed E-state index contributed by atoms with van der Waals surface area (Å²) >= 11 is 0. The number of carbonyl (C=O) groups excluding carboxylic acids is 1. The van der Waals surface area contributed by atoms with Gasteiger partial charge in [0.2, 0.25) is 0 Å². The largest absolute Gasteiger partial charge is 0.486 e. The van der Waals surface area contributed by atoms with Crippen molar-refractivity contribution in [3.63, 3.8) is 0 Å². The Balaban J connectivity index is 1.44. The van der Waals surface area contributed by atoms with Crippen LogP contribution >= 0.6 is 0 Å². The molecule has 1 aromatic carbocycles. The molecular formula is C18H20FN3O3. The number of rotatable bonds is 4. The van der Waals surface area contributed by atoms with Gasteiger partial charge in [-0.15, -0.1) is 0 Å². The number of hydrogen-bond acceptors (Lipinski definition) is 5. The molecule has 0 spiro atoms. The Bertz CT molecular complexity index is 754. The van der Waals surface area contributed by atoms with Crippen LogP contribution in [0.1, 0.15) is 5.56 Å². The molecule has 3 aliphatic rings. The number of amides is 1. The van der Waals surface area contributed by atoms with E-state index >= 15 is 0 Å². The summed E-state index contributed by atoms with van der Waals surface area (Å²) < 4.78 is 24.3. The van der Waals surface area contributed by atoms with Gasteiger partial charge in [0.15, 0.2) is 0 Å². The summed E-state index contributed by atoms with van der Waals surface area (Å²) in [6, 6.07) is 4.27. The predicted octanol–water partition coefficient (Wildman–Crippen LogP) is 1.32. The molecule has 1 saturated heterocycles. The van der Waals surface area contributed by atoms with Gasteiger partial charge in [0.1, 0.15) is 18.2 Å². The lowest BCUT2D eigenvalue weighted by atomic mass is 10.1. The van der Waals surface area contributed by atoms with Crippen LogP contribution in [0.15, 0.2) is 35.7 Å². The van der Waals surface area contributed by atoms with Gasteiger partial charge in [0, 0.05) is 37.8 Å². The standard InChI is InChI=1S/C18H20FN3O3/c19-12-1-2-14-15(9-12)21-18(23)17(14)16-10-13(11-25-16)20-3-4-22-5-7-24-8-6-22/h1-2,9-10,20H,3-8,11H2,(H,21,23). The van der Waals surface area contributed by atoms with Crippen LogP contribution in [0.3, 0.4) is 0 Å². The number of nitrogens with one attached hydrogen (secondary N) is 2. The van der Waals surface area contributed by atoms with Gasteiger partial charge >= 0.3 is 0 Å². The number of hydrogen-bond donors (Lipinski definition) is 2. The molecule has 2 N–H and O–H groups in total. The summed E-state index contributed by atoms with van der Waals surface area (Å²) in [5.41, 5.74) is 2.56. The van der Waals surface area contributed by atoms with Crippen LogP contribution in [0.2, 0.25) is 0 Å². The van der Waals surface area contributed by atoms with Crippen LogP contribution < -0.4 is 10.6 Å². The van der Waals surface area contributed by atoms with Crippen molar-refractivity contribution in [2.24, 2.45) is 0 Å². The molecular weight excluding hydrogens is 325 g/mol. The van der Waals surface area contributed by atoms with Crippen molar-refractivity contribution in [3.8, 4) is 0 Å². The molecule has 132 valence electrons. The van der Waals surface area contributed by atoms with E-state index in [1.54, 1.807) is 6.07 Å². The zero-order valence-electron chi connectivity index (χ0n) is 13.8. The number of carbonyl (C=O) groups is 1. The number of fused-ring (bicyclic) bond motifs is 1.